The van der Waals surface area contributed by atoms with Gasteiger partial charge in [-0.1, -0.05) is 30.3 Å². The van der Waals surface area contributed by atoms with Crippen molar-refractivity contribution in [3.8, 4) is 0 Å². The zero-order valence-corrected chi connectivity index (χ0v) is 14.5. The van der Waals surface area contributed by atoms with Crippen molar-refractivity contribution in [2.24, 2.45) is 7.05 Å². The number of nitrogens with zero attached hydrogens (tertiary/aromatic N) is 5. The number of carbonyl (C=O) groups excluding carboxylic acids is 1. The highest BCUT2D eigenvalue weighted by molar-refractivity contribution is 6.11. The molecule has 4 aromatic rings. The third-order valence-corrected chi connectivity index (χ3v) is 4.17. The Kier molecular flexibility index (Phi) is 4.21. The molecule has 2 aromatic heterocycles. The van der Waals surface area contributed by atoms with Crippen molar-refractivity contribution >= 4 is 22.4 Å². The van der Waals surface area contributed by atoms with E-state index in [9.17, 15) is 9.59 Å². The first-order valence-corrected chi connectivity index (χ1v) is 8.30. The fraction of sp³-hybridized carbons (Fsp3) is 0.105. The first kappa shape index (κ1) is 16.6. The number of aromatic nitrogens is 5. The average Bonchev–Trinajstić information content (AvgIpc) is 3.18. The molecule has 8 heteroatoms. The number of benzene rings is 2. The summed E-state index contributed by atoms with van der Waals surface area (Å²) in [6.07, 6.45) is 3.11. The molecule has 0 saturated carbocycles. The highest BCUT2D eigenvalue weighted by Gasteiger charge is 2.15. The van der Waals surface area contributed by atoms with Gasteiger partial charge in [0.25, 0.3) is 11.5 Å². The SMILES string of the molecule is Cn1nc(C(=O)Nc2cccc(Cn3cncn3)c2)c2ccccc2c1=O. The Morgan fingerprint density at radius 3 is 2.70 bits per heavy atom. The number of amides is 1. The van der Waals surface area contributed by atoms with Gasteiger partial charge in [-0.2, -0.15) is 10.2 Å². The van der Waals surface area contributed by atoms with Crippen LogP contribution in [0.25, 0.3) is 10.8 Å². The summed E-state index contributed by atoms with van der Waals surface area (Å²) in [5, 5.41) is 12.1. The van der Waals surface area contributed by atoms with Crippen molar-refractivity contribution in [3.05, 3.63) is 82.8 Å². The maximum absolute atomic E-state index is 12.8. The highest BCUT2D eigenvalue weighted by atomic mass is 16.2. The maximum atomic E-state index is 12.8. The predicted octanol–water partition coefficient (Wildman–Crippen LogP) is 1.83. The summed E-state index contributed by atoms with van der Waals surface area (Å²) in [4.78, 5) is 28.9. The lowest BCUT2D eigenvalue weighted by Gasteiger charge is -2.10. The number of hydrogen-bond acceptors (Lipinski definition) is 5. The largest absolute Gasteiger partial charge is 0.321 e. The summed E-state index contributed by atoms with van der Waals surface area (Å²) in [6, 6.07) is 14.4. The van der Waals surface area contributed by atoms with E-state index in [1.54, 1.807) is 41.3 Å². The van der Waals surface area contributed by atoms with Crippen molar-refractivity contribution in [1.82, 2.24) is 24.5 Å². The van der Waals surface area contributed by atoms with Crippen LogP contribution in [0.15, 0.2) is 66.0 Å². The Bertz CT molecular complexity index is 1180. The van der Waals surface area contributed by atoms with E-state index in [0.29, 0.717) is 23.0 Å². The third kappa shape index (κ3) is 3.32. The Labute approximate surface area is 154 Å². The molecule has 2 heterocycles. The molecule has 0 bridgehead atoms. The third-order valence-electron chi connectivity index (χ3n) is 4.17. The van der Waals surface area contributed by atoms with E-state index < -0.39 is 0 Å². The standard InChI is InChI=1S/C19H16N6O2/c1-24-19(27)16-8-3-2-7-15(16)17(23-24)18(26)22-14-6-4-5-13(9-14)10-25-12-20-11-21-25/h2-9,11-12H,10H2,1H3,(H,22,26). The zero-order valence-electron chi connectivity index (χ0n) is 14.5. The molecule has 134 valence electrons. The molecular weight excluding hydrogens is 344 g/mol. The number of fused-ring (bicyclic) bond motifs is 1. The van der Waals surface area contributed by atoms with Crippen LogP contribution in [0.1, 0.15) is 16.1 Å². The molecule has 1 N–H and O–H groups in total. The second-order valence-corrected chi connectivity index (χ2v) is 6.07. The second-order valence-electron chi connectivity index (χ2n) is 6.07. The number of nitrogens with one attached hydrogen (secondary N) is 1. The molecule has 0 aliphatic rings. The smallest absolute Gasteiger partial charge is 0.276 e. The van der Waals surface area contributed by atoms with Crippen molar-refractivity contribution in [2.45, 2.75) is 6.54 Å². The first-order valence-electron chi connectivity index (χ1n) is 8.30. The van der Waals surface area contributed by atoms with E-state index in [1.165, 1.54) is 18.1 Å². The van der Waals surface area contributed by atoms with Crippen molar-refractivity contribution in [3.63, 3.8) is 0 Å². The minimum Gasteiger partial charge on any atom is -0.321 e. The van der Waals surface area contributed by atoms with Gasteiger partial charge in [-0.05, 0) is 23.8 Å². The van der Waals surface area contributed by atoms with Gasteiger partial charge >= 0.3 is 0 Å². The molecule has 0 aliphatic carbocycles. The van der Waals surface area contributed by atoms with Crippen LogP contribution < -0.4 is 10.9 Å². The summed E-state index contributed by atoms with van der Waals surface area (Å²) in [6.45, 7) is 0.546. The van der Waals surface area contributed by atoms with E-state index >= 15 is 0 Å². The molecule has 1 amide bonds. The van der Waals surface area contributed by atoms with Crippen LogP contribution >= 0.6 is 0 Å². The van der Waals surface area contributed by atoms with E-state index in [1.807, 2.05) is 18.2 Å². The summed E-state index contributed by atoms with van der Waals surface area (Å²) in [5.41, 5.74) is 1.57. The normalized spacial score (nSPS) is 10.9. The van der Waals surface area contributed by atoms with Gasteiger partial charge in [-0.3, -0.25) is 9.59 Å². The summed E-state index contributed by atoms with van der Waals surface area (Å²) in [7, 11) is 1.53. The van der Waals surface area contributed by atoms with Crippen LogP contribution in [0.2, 0.25) is 0 Å². The van der Waals surface area contributed by atoms with Gasteiger partial charge in [0.15, 0.2) is 5.69 Å². The Morgan fingerprint density at radius 1 is 1.11 bits per heavy atom. The molecule has 0 aliphatic heterocycles. The van der Waals surface area contributed by atoms with Crippen molar-refractivity contribution in [1.29, 1.82) is 0 Å². The van der Waals surface area contributed by atoms with Crippen LogP contribution in [0.5, 0.6) is 0 Å². The van der Waals surface area contributed by atoms with Crippen molar-refractivity contribution in [2.75, 3.05) is 5.32 Å². The van der Waals surface area contributed by atoms with E-state index in [2.05, 4.69) is 20.5 Å². The molecule has 4 rings (SSSR count). The van der Waals surface area contributed by atoms with Gasteiger partial charge in [0.05, 0.1) is 11.9 Å². The maximum Gasteiger partial charge on any atom is 0.276 e. The molecule has 8 nitrogen and oxygen atoms in total. The fourth-order valence-corrected chi connectivity index (χ4v) is 2.91. The van der Waals surface area contributed by atoms with Crippen LogP contribution in [-0.2, 0) is 13.6 Å². The number of hydrogen-bond donors (Lipinski definition) is 1. The Morgan fingerprint density at radius 2 is 1.93 bits per heavy atom. The minimum absolute atomic E-state index is 0.203. The molecule has 0 spiro atoms. The van der Waals surface area contributed by atoms with E-state index in [4.69, 9.17) is 0 Å². The quantitative estimate of drug-likeness (QED) is 0.599. The minimum atomic E-state index is -0.375. The molecule has 0 radical (unpaired) electrons. The molecule has 0 saturated heterocycles. The molecule has 2 aromatic carbocycles. The lowest BCUT2D eigenvalue weighted by atomic mass is 10.1. The van der Waals surface area contributed by atoms with E-state index in [-0.39, 0.29) is 17.2 Å². The molecule has 0 atom stereocenters. The molecular formula is C19H16N6O2. The van der Waals surface area contributed by atoms with E-state index in [0.717, 1.165) is 5.56 Å². The van der Waals surface area contributed by atoms with Gasteiger partial charge in [-0.25, -0.2) is 14.3 Å². The summed E-state index contributed by atoms with van der Waals surface area (Å²) >= 11 is 0. The van der Waals surface area contributed by atoms with Crippen LogP contribution in [0, 0.1) is 0 Å². The summed E-state index contributed by atoms with van der Waals surface area (Å²) < 4.78 is 2.88. The van der Waals surface area contributed by atoms with Crippen molar-refractivity contribution < 1.29 is 4.79 Å². The van der Waals surface area contributed by atoms with Gasteiger partial charge in [0.1, 0.15) is 12.7 Å². The topological polar surface area (TPSA) is 94.7 Å². The van der Waals surface area contributed by atoms with Gasteiger partial charge < -0.3 is 5.32 Å². The summed E-state index contributed by atoms with van der Waals surface area (Å²) in [5.74, 6) is -0.375. The van der Waals surface area contributed by atoms with Crippen LogP contribution in [0.4, 0.5) is 5.69 Å². The predicted molar refractivity (Wildman–Crippen MR) is 101 cm³/mol. The molecule has 27 heavy (non-hydrogen) atoms. The number of aryl methyl sites for hydroxylation is 1. The number of rotatable bonds is 4. The zero-order chi connectivity index (χ0) is 18.8. The van der Waals surface area contributed by atoms with Crippen LogP contribution in [0.3, 0.4) is 0 Å². The van der Waals surface area contributed by atoms with Gasteiger partial charge in [0, 0.05) is 18.1 Å². The molecule has 0 fully saturated rings. The number of anilines is 1. The van der Waals surface area contributed by atoms with Gasteiger partial charge in [0.2, 0.25) is 0 Å². The first-order chi connectivity index (χ1) is 13.1. The Hall–Kier alpha value is -3.81. The lowest BCUT2D eigenvalue weighted by molar-refractivity contribution is 0.102. The molecule has 0 unspecified atom stereocenters. The average molecular weight is 360 g/mol. The van der Waals surface area contributed by atoms with Gasteiger partial charge in [-0.15, -0.1) is 0 Å². The lowest BCUT2D eigenvalue weighted by Crippen LogP contribution is -2.25. The second kappa shape index (κ2) is 6.83. The number of carbonyl (C=O) groups is 1. The Balaban J connectivity index is 1.64. The highest BCUT2D eigenvalue weighted by Crippen LogP contribution is 2.16. The van der Waals surface area contributed by atoms with Crippen LogP contribution in [-0.4, -0.2) is 30.5 Å². The fourth-order valence-electron chi connectivity index (χ4n) is 2.91. The monoisotopic (exact) mass is 360 g/mol.